The molecule has 0 aliphatic heterocycles. The number of hydrogen-bond acceptors (Lipinski definition) is 3. The summed E-state index contributed by atoms with van der Waals surface area (Å²) in [6.45, 7) is 1.25. The lowest BCUT2D eigenvalue weighted by atomic mass is 10.2. The molecule has 0 atom stereocenters. The molecule has 0 radical (unpaired) electrons. The van der Waals surface area contributed by atoms with Crippen LogP contribution in [0.5, 0.6) is 5.75 Å². The molecule has 0 spiro atoms. The predicted molar refractivity (Wildman–Crippen MR) is 72.8 cm³/mol. The molecule has 1 aromatic heterocycles. The lowest BCUT2D eigenvalue weighted by molar-refractivity contribution is 0.301. The highest BCUT2D eigenvalue weighted by atomic mass is 35.5. The number of pyridine rings is 1. The first-order valence-electron chi connectivity index (χ1n) is 5.76. The number of nitrogens with zero attached hydrogens (tertiary/aromatic N) is 1. The van der Waals surface area contributed by atoms with E-state index in [-0.39, 0.29) is 0 Å². The van der Waals surface area contributed by atoms with Gasteiger partial charge in [0, 0.05) is 6.54 Å². The van der Waals surface area contributed by atoms with Gasteiger partial charge in [-0.25, -0.2) is 4.98 Å². The Bertz CT molecular complexity index is 517. The third-order valence-corrected chi connectivity index (χ3v) is 2.65. The minimum Gasteiger partial charge on any atom is -0.487 e. The summed E-state index contributed by atoms with van der Waals surface area (Å²) in [5.74, 6) is 0.838. The molecule has 0 aliphatic rings. The Hall–Kier alpha value is -1.58. The van der Waals surface area contributed by atoms with E-state index < -0.39 is 0 Å². The van der Waals surface area contributed by atoms with Gasteiger partial charge in [-0.1, -0.05) is 29.8 Å². The van der Waals surface area contributed by atoms with E-state index in [0.29, 0.717) is 11.8 Å². The molecule has 0 saturated carbocycles. The van der Waals surface area contributed by atoms with Crippen LogP contribution in [0.1, 0.15) is 11.3 Å². The topological polar surface area (TPSA) is 34.1 Å². The van der Waals surface area contributed by atoms with Crippen molar-refractivity contribution in [1.29, 1.82) is 0 Å². The number of ether oxygens (including phenoxy) is 1. The molecule has 0 amide bonds. The van der Waals surface area contributed by atoms with Crippen LogP contribution in [-0.4, -0.2) is 12.0 Å². The Morgan fingerprint density at radius 3 is 2.83 bits per heavy atom. The zero-order valence-corrected chi connectivity index (χ0v) is 10.9. The van der Waals surface area contributed by atoms with Crippen LogP contribution >= 0.6 is 11.6 Å². The van der Waals surface area contributed by atoms with Gasteiger partial charge in [-0.2, -0.15) is 0 Å². The molecule has 0 unspecified atom stereocenters. The summed E-state index contributed by atoms with van der Waals surface area (Å²) in [4.78, 5) is 4.18. The average molecular weight is 263 g/mol. The fraction of sp³-hybridized carbons (Fsp3) is 0.214. The molecule has 0 fully saturated rings. The molecule has 94 valence electrons. The van der Waals surface area contributed by atoms with E-state index in [9.17, 15) is 0 Å². The maximum absolute atomic E-state index is 5.82. The standard InChI is InChI=1S/C14H15ClN2O/c1-16-9-11-4-2-6-13(8-11)18-10-12-5-3-7-14(15)17-12/h2-8,16H,9-10H2,1H3. The van der Waals surface area contributed by atoms with Gasteiger partial charge in [0.05, 0.1) is 5.69 Å². The third kappa shape index (κ3) is 3.72. The van der Waals surface area contributed by atoms with E-state index in [0.717, 1.165) is 18.0 Å². The van der Waals surface area contributed by atoms with Gasteiger partial charge in [-0.05, 0) is 36.9 Å². The van der Waals surface area contributed by atoms with Crippen molar-refractivity contribution in [3.63, 3.8) is 0 Å². The van der Waals surface area contributed by atoms with Gasteiger partial charge in [0.1, 0.15) is 17.5 Å². The fourth-order valence-corrected chi connectivity index (χ4v) is 1.82. The van der Waals surface area contributed by atoms with Crippen LogP contribution in [-0.2, 0) is 13.2 Å². The van der Waals surface area contributed by atoms with Crippen LogP contribution in [0.3, 0.4) is 0 Å². The van der Waals surface area contributed by atoms with Gasteiger partial charge in [0.15, 0.2) is 0 Å². The number of benzene rings is 1. The SMILES string of the molecule is CNCc1cccc(OCc2cccc(Cl)n2)c1. The summed E-state index contributed by atoms with van der Waals surface area (Å²) in [7, 11) is 1.92. The Balaban J connectivity index is 1.99. The number of rotatable bonds is 5. The third-order valence-electron chi connectivity index (χ3n) is 2.44. The maximum Gasteiger partial charge on any atom is 0.130 e. The zero-order valence-electron chi connectivity index (χ0n) is 10.2. The van der Waals surface area contributed by atoms with Gasteiger partial charge in [0.25, 0.3) is 0 Å². The predicted octanol–water partition coefficient (Wildman–Crippen LogP) is 3.03. The summed E-state index contributed by atoms with van der Waals surface area (Å²) in [5, 5.41) is 3.59. The van der Waals surface area contributed by atoms with Gasteiger partial charge in [0.2, 0.25) is 0 Å². The summed E-state index contributed by atoms with van der Waals surface area (Å²) in [6, 6.07) is 13.5. The van der Waals surface area contributed by atoms with Crippen LogP contribution in [0, 0.1) is 0 Å². The lowest BCUT2D eigenvalue weighted by Gasteiger charge is -2.07. The normalized spacial score (nSPS) is 10.3. The van der Waals surface area contributed by atoms with Crippen molar-refractivity contribution < 1.29 is 4.74 Å². The van der Waals surface area contributed by atoms with Crippen molar-refractivity contribution in [2.24, 2.45) is 0 Å². The lowest BCUT2D eigenvalue weighted by Crippen LogP contribution is -2.05. The van der Waals surface area contributed by atoms with Crippen molar-refractivity contribution in [3.8, 4) is 5.75 Å². The summed E-state index contributed by atoms with van der Waals surface area (Å²) in [6.07, 6.45) is 0. The summed E-state index contributed by atoms with van der Waals surface area (Å²) >= 11 is 5.82. The van der Waals surface area contributed by atoms with E-state index in [1.165, 1.54) is 5.56 Å². The summed E-state index contributed by atoms with van der Waals surface area (Å²) < 4.78 is 5.69. The second kappa shape index (κ2) is 6.38. The second-order valence-corrected chi connectivity index (χ2v) is 4.31. The number of nitrogens with one attached hydrogen (secondary N) is 1. The quantitative estimate of drug-likeness (QED) is 0.841. The van der Waals surface area contributed by atoms with Gasteiger partial charge in [-0.15, -0.1) is 0 Å². The van der Waals surface area contributed by atoms with Gasteiger partial charge in [-0.3, -0.25) is 0 Å². The first-order chi connectivity index (χ1) is 8.78. The Labute approximate surface area is 112 Å². The Kier molecular flexibility index (Phi) is 4.56. The molecule has 0 saturated heterocycles. The van der Waals surface area contributed by atoms with Gasteiger partial charge >= 0.3 is 0 Å². The number of hydrogen-bond donors (Lipinski definition) is 1. The van der Waals surface area contributed by atoms with Crippen molar-refractivity contribution in [2.75, 3.05) is 7.05 Å². The molecule has 1 heterocycles. The van der Waals surface area contributed by atoms with Crippen LogP contribution < -0.4 is 10.1 Å². The Morgan fingerprint density at radius 2 is 2.06 bits per heavy atom. The molecular formula is C14H15ClN2O. The molecule has 2 rings (SSSR count). The van der Waals surface area contributed by atoms with Crippen molar-refractivity contribution in [3.05, 3.63) is 58.9 Å². The number of halogens is 1. The van der Waals surface area contributed by atoms with Crippen molar-refractivity contribution >= 4 is 11.6 Å². The van der Waals surface area contributed by atoms with E-state index in [4.69, 9.17) is 16.3 Å². The van der Waals surface area contributed by atoms with Crippen molar-refractivity contribution in [1.82, 2.24) is 10.3 Å². The molecular weight excluding hydrogens is 248 g/mol. The number of aromatic nitrogens is 1. The minimum atomic E-state index is 0.420. The maximum atomic E-state index is 5.82. The average Bonchev–Trinajstić information content (AvgIpc) is 2.37. The highest BCUT2D eigenvalue weighted by molar-refractivity contribution is 6.29. The largest absolute Gasteiger partial charge is 0.487 e. The monoisotopic (exact) mass is 262 g/mol. The first kappa shape index (κ1) is 12.9. The van der Waals surface area contributed by atoms with E-state index in [1.54, 1.807) is 6.07 Å². The first-order valence-corrected chi connectivity index (χ1v) is 6.13. The van der Waals surface area contributed by atoms with Crippen LogP contribution in [0.2, 0.25) is 5.15 Å². The molecule has 1 N–H and O–H groups in total. The van der Waals surface area contributed by atoms with Gasteiger partial charge < -0.3 is 10.1 Å². The minimum absolute atomic E-state index is 0.420. The molecule has 1 aromatic carbocycles. The van der Waals surface area contributed by atoms with E-state index in [1.807, 2.05) is 37.4 Å². The smallest absolute Gasteiger partial charge is 0.130 e. The van der Waals surface area contributed by atoms with E-state index >= 15 is 0 Å². The summed E-state index contributed by atoms with van der Waals surface area (Å²) in [5.41, 5.74) is 2.01. The molecule has 18 heavy (non-hydrogen) atoms. The fourth-order valence-electron chi connectivity index (χ4n) is 1.64. The molecule has 4 heteroatoms. The molecule has 3 nitrogen and oxygen atoms in total. The van der Waals surface area contributed by atoms with Crippen molar-refractivity contribution in [2.45, 2.75) is 13.2 Å². The molecule has 2 aromatic rings. The second-order valence-electron chi connectivity index (χ2n) is 3.92. The molecule has 0 bridgehead atoms. The molecule has 0 aliphatic carbocycles. The Morgan fingerprint density at radius 1 is 1.22 bits per heavy atom. The highest BCUT2D eigenvalue weighted by Crippen LogP contribution is 2.15. The van der Waals surface area contributed by atoms with Crippen LogP contribution in [0.4, 0.5) is 0 Å². The zero-order chi connectivity index (χ0) is 12.8. The van der Waals surface area contributed by atoms with E-state index in [2.05, 4.69) is 16.4 Å². The van der Waals surface area contributed by atoms with Crippen LogP contribution in [0.25, 0.3) is 0 Å². The highest BCUT2D eigenvalue weighted by Gasteiger charge is 1.99. The van der Waals surface area contributed by atoms with Crippen LogP contribution in [0.15, 0.2) is 42.5 Å².